The van der Waals surface area contributed by atoms with Crippen LogP contribution in [0, 0.1) is 23.7 Å². The molecule has 3 aliphatic carbocycles. The first-order valence-electron chi connectivity index (χ1n) is 12.8. The minimum absolute atomic E-state index is 0.108. The number of hydrogen-bond donors (Lipinski definition) is 3. The molecule has 0 spiro atoms. The number of nitrogens with two attached hydrogens (primary N) is 1. The van der Waals surface area contributed by atoms with Gasteiger partial charge in [-0.15, -0.1) is 0 Å². The Morgan fingerprint density at radius 3 is 2.15 bits per heavy atom. The molecule has 1 aromatic rings. The minimum Gasteiger partial charge on any atom is -0.507 e. The maximum Gasteiger partial charge on any atom is 0.302 e. The van der Waals surface area contributed by atoms with Crippen molar-refractivity contribution in [2.75, 3.05) is 14.1 Å². The number of Topliss-reactive ketones (excluding diaryl/α,β-unsaturated/α-hetero) is 4. The molecule has 4 N–H and O–H groups in total. The van der Waals surface area contributed by atoms with Crippen molar-refractivity contribution in [1.29, 1.82) is 0 Å². The summed E-state index contributed by atoms with van der Waals surface area (Å²) in [5.74, 6) is -14.1. The van der Waals surface area contributed by atoms with E-state index in [0.29, 0.717) is 11.1 Å². The molecule has 4 rings (SSSR count). The van der Waals surface area contributed by atoms with E-state index in [1.165, 1.54) is 19.0 Å². The van der Waals surface area contributed by atoms with E-state index in [0.717, 1.165) is 6.92 Å². The summed E-state index contributed by atoms with van der Waals surface area (Å²) >= 11 is 0. The molecule has 0 saturated heterocycles. The van der Waals surface area contributed by atoms with Gasteiger partial charge in [-0.2, -0.15) is 0 Å². The van der Waals surface area contributed by atoms with Gasteiger partial charge in [0.2, 0.25) is 5.91 Å². The summed E-state index contributed by atoms with van der Waals surface area (Å²) in [6.45, 7) is 8.31. The average Bonchev–Trinajstić information content (AvgIpc) is 2.79. The molecule has 11 nitrogen and oxygen atoms in total. The number of ether oxygens (including phenoxy) is 1. The van der Waals surface area contributed by atoms with Crippen LogP contribution < -0.4 is 5.73 Å². The Kier molecular flexibility index (Phi) is 6.63. The van der Waals surface area contributed by atoms with Crippen molar-refractivity contribution in [2.45, 2.75) is 63.7 Å². The zero-order chi connectivity index (χ0) is 29.5. The number of amides is 1. The molecule has 1 aromatic carbocycles. The highest BCUT2D eigenvalue weighted by Gasteiger charge is 2.74. The number of primary amides is 1. The second-order valence-electron chi connectivity index (χ2n) is 12.1. The van der Waals surface area contributed by atoms with E-state index in [1.54, 1.807) is 19.1 Å². The molecule has 1 amide bonds. The molecule has 210 valence electrons. The first-order chi connectivity index (χ1) is 17.9. The highest BCUT2D eigenvalue weighted by atomic mass is 16.5. The molecule has 0 radical (unpaired) electrons. The molecule has 39 heavy (non-hydrogen) atoms. The van der Waals surface area contributed by atoms with Crippen LogP contribution in [-0.2, 0) is 34.1 Å². The van der Waals surface area contributed by atoms with E-state index in [1.807, 2.05) is 20.8 Å². The van der Waals surface area contributed by atoms with Gasteiger partial charge in [0.25, 0.3) is 0 Å². The monoisotopic (exact) mass is 542 g/mol. The summed E-state index contributed by atoms with van der Waals surface area (Å²) in [7, 11) is 2.91. The number of rotatable bonds is 3. The number of phenolic OH excluding ortho intramolecular Hbond substituents is 1. The van der Waals surface area contributed by atoms with Gasteiger partial charge in [-0.3, -0.25) is 33.7 Å². The maximum atomic E-state index is 14.2. The number of phenols is 1. The first kappa shape index (κ1) is 28.6. The number of esters is 1. The Labute approximate surface area is 225 Å². The molecule has 0 bridgehead atoms. The van der Waals surface area contributed by atoms with E-state index in [9.17, 15) is 39.0 Å². The summed E-state index contributed by atoms with van der Waals surface area (Å²) in [5.41, 5.74) is 2.53. The third-order valence-corrected chi connectivity index (χ3v) is 8.57. The molecular formula is C28H34N2O9. The van der Waals surface area contributed by atoms with Crippen LogP contribution in [0.4, 0.5) is 0 Å². The van der Waals surface area contributed by atoms with Gasteiger partial charge >= 0.3 is 5.97 Å². The van der Waals surface area contributed by atoms with Crippen molar-refractivity contribution in [3.05, 3.63) is 28.8 Å². The SMILES string of the molecule is CC(=O)OC1C2C(C(=O)c3c(ccc(C(C)(C)C)c3O)C2C)C(=O)C2(O)C(=O)C(C(N)=O)C(=O)C(N(C)C)C12. The van der Waals surface area contributed by atoms with Gasteiger partial charge in [0.05, 0.1) is 23.4 Å². The normalized spacial score (nSPS) is 34.3. The standard InChI is InChI=1S/C28H34N2O9/c1-10-12-8-9-13(27(3,4)5)20(32)15(12)21(33)16-14(10)23(39-11(2)31)18-19(30(6)7)22(34)17(26(29)37)25(36)28(18,38)24(16)35/h8-10,14,16-19,23,32,38H,1-7H3,(H2,29,37). The molecule has 2 fully saturated rings. The Hall–Kier alpha value is -3.44. The second kappa shape index (κ2) is 9.06. The molecule has 0 heterocycles. The number of aromatic hydroxyl groups is 1. The number of carbonyl (C=O) groups is 6. The van der Waals surface area contributed by atoms with Crippen molar-refractivity contribution < 1.29 is 43.7 Å². The fourth-order valence-corrected chi connectivity index (χ4v) is 6.90. The van der Waals surface area contributed by atoms with Crippen LogP contribution in [0.5, 0.6) is 5.75 Å². The van der Waals surface area contributed by atoms with Gasteiger partial charge in [0, 0.05) is 12.8 Å². The molecule has 8 atom stereocenters. The molecule has 0 aromatic heterocycles. The number of benzene rings is 1. The predicted molar refractivity (Wildman–Crippen MR) is 136 cm³/mol. The number of nitrogens with zero attached hydrogens (tertiary/aromatic N) is 1. The number of fused-ring (bicyclic) bond motifs is 3. The Bertz CT molecular complexity index is 1330. The Morgan fingerprint density at radius 1 is 1.08 bits per heavy atom. The number of ketones is 4. The minimum atomic E-state index is -3.03. The Morgan fingerprint density at radius 2 is 1.67 bits per heavy atom. The van der Waals surface area contributed by atoms with Crippen molar-refractivity contribution >= 4 is 35.0 Å². The van der Waals surface area contributed by atoms with E-state index in [2.05, 4.69) is 0 Å². The van der Waals surface area contributed by atoms with Crippen LogP contribution in [-0.4, -0.2) is 82.0 Å². The zero-order valence-corrected chi connectivity index (χ0v) is 23.0. The fraction of sp³-hybridized carbons (Fsp3) is 0.571. The smallest absolute Gasteiger partial charge is 0.302 e. The predicted octanol–water partition coefficient (Wildman–Crippen LogP) is 0.267. The highest BCUT2D eigenvalue weighted by Crippen LogP contribution is 2.56. The lowest BCUT2D eigenvalue weighted by Crippen LogP contribution is -2.78. The third-order valence-electron chi connectivity index (χ3n) is 8.57. The maximum absolute atomic E-state index is 14.2. The Balaban J connectivity index is 2.03. The van der Waals surface area contributed by atoms with Gasteiger partial charge in [0.1, 0.15) is 11.9 Å². The van der Waals surface area contributed by atoms with E-state index in [4.69, 9.17) is 10.5 Å². The summed E-state index contributed by atoms with van der Waals surface area (Å²) in [5, 5.41) is 23.1. The second-order valence-corrected chi connectivity index (χ2v) is 12.1. The lowest BCUT2D eigenvalue weighted by atomic mass is 9.49. The van der Waals surface area contributed by atoms with Gasteiger partial charge < -0.3 is 20.7 Å². The van der Waals surface area contributed by atoms with Crippen molar-refractivity contribution in [3.63, 3.8) is 0 Å². The zero-order valence-electron chi connectivity index (χ0n) is 23.0. The lowest BCUT2D eigenvalue weighted by molar-refractivity contribution is -0.205. The first-order valence-corrected chi connectivity index (χ1v) is 12.8. The number of hydrogen-bond acceptors (Lipinski definition) is 10. The molecule has 0 aliphatic heterocycles. The van der Waals surface area contributed by atoms with Gasteiger partial charge in [-0.1, -0.05) is 39.8 Å². The molecule has 11 heteroatoms. The summed E-state index contributed by atoms with van der Waals surface area (Å²) in [4.78, 5) is 81.1. The number of likely N-dealkylation sites (N-methyl/N-ethyl adjacent to an activating group) is 1. The van der Waals surface area contributed by atoms with Gasteiger partial charge in [-0.05, 0) is 36.6 Å². The number of aliphatic hydroxyl groups is 1. The van der Waals surface area contributed by atoms with E-state index < -0.39 is 87.8 Å². The van der Waals surface area contributed by atoms with Gasteiger partial charge in [-0.25, -0.2) is 0 Å². The average molecular weight is 543 g/mol. The van der Waals surface area contributed by atoms with Gasteiger partial charge in [0.15, 0.2) is 34.7 Å². The lowest BCUT2D eigenvalue weighted by Gasteiger charge is -2.56. The topological polar surface area (TPSA) is 181 Å². The number of carbonyl (C=O) groups excluding carboxylic acids is 6. The van der Waals surface area contributed by atoms with Crippen molar-refractivity contribution in [1.82, 2.24) is 4.90 Å². The summed E-state index contributed by atoms with van der Waals surface area (Å²) in [6, 6.07) is 1.95. The van der Waals surface area contributed by atoms with Crippen LogP contribution in [0.3, 0.4) is 0 Å². The van der Waals surface area contributed by atoms with Crippen LogP contribution in [0.2, 0.25) is 0 Å². The molecule has 3 aliphatic rings. The van der Waals surface area contributed by atoms with Crippen LogP contribution in [0.25, 0.3) is 0 Å². The third kappa shape index (κ3) is 3.85. The largest absolute Gasteiger partial charge is 0.507 e. The highest BCUT2D eigenvalue weighted by molar-refractivity contribution is 6.32. The van der Waals surface area contributed by atoms with E-state index >= 15 is 0 Å². The molecular weight excluding hydrogens is 508 g/mol. The van der Waals surface area contributed by atoms with Crippen LogP contribution >= 0.6 is 0 Å². The summed E-state index contributed by atoms with van der Waals surface area (Å²) in [6.07, 6.45) is -1.44. The summed E-state index contributed by atoms with van der Waals surface area (Å²) < 4.78 is 5.65. The van der Waals surface area contributed by atoms with Crippen LogP contribution in [0.15, 0.2) is 12.1 Å². The molecule has 8 unspecified atom stereocenters. The fourth-order valence-electron chi connectivity index (χ4n) is 6.90. The van der Waals surface area contributed by atoms with Crippen molar-refractivity contribution in [3.8, 4) is 5.75 Å². The quantitative estimate of drug-likeness (QED) is 0.354. The van der Waals surface area contributed by atoms with Crippen LogP contribution in [0.1, 0.15) is 62.0 Å². The van der Waals surface area contributed by atoms with Crippen molar-refractivity contribution in [2.24, 2.45) is 29.4 Å². The molecule has 2 saturated carbocycles. The van der Waals surface area contributed by atoms with E-state index in [-0.39, 0.29) is 11.3 Å².